The summed E-state index contributed by atoms with van der Waals surface area (Å²) in [7, 11) is 1.63. The van der Waals surface area contributed by atoms with Gasteiger partial charge in [0.25, 0.3) is 5.91 Å². The molecule has 5 heteroatoms. The van der Waals surface area contributed by atoms with Gasteiger partial charge in [-0.1, -0.05) is 6.92 Å². The van der Waals surface area contributed by atoms with Gasteiger partial charge < -0.3 is 10.6 Å². The molecule has 0 aliphatic heterocycles. The second kappa shape index (κ2) is 6.75. The number of hydrogen-bond acceptors (Lipinski definition) is 3. The average Bonchev–Trinajstić information content (AvgIpc) is 2.93. The second-order valence-corrected chi connectivity index (χ2v) is 4.62. The van der Waals surface area contributed by atoms with Gasteiger partial charge in [0.15, 0.2) is 0 Å². The Labute approximate surface area is 119 Å². The van der Waals surface area contributed by atoms with Gasteiger partial charge in [0, 0.05) is 43.1 Å². The van der Waals surface area contributed by atoms with Gasteiger partial charge in [-0.15, -0.1) is 0 Å². The Bertz CT molecular complexity index is 560. The molecule has 0 aliphatic rings. The third-order valence-corrected chi connectivity index (χ3v) is 3.01. The fourth-order valence-electron chi connectivity index (χ4n) is 1.94. The molecular weight excluding hydrogens is 252 g/mol. The lowest BCUT2D eigenvalue weighted by atomic mass is 10.2. The zero-order valence-corrected chi connectivity index (χ0v) is 11.9. The van der Waals surface area contributed by atoms with Gasteiger partial charge in [-0.25, -0.2) is 0 Å². The van der Waals surface area contributed by atoms with Crippen LogP contribution in [0.1, 0.15) is 29.3 Å². The van der Waals surface area contributed by atoms with Crippen LogP contribution in [0.5, 0.6) is 0 Å². The van der Waals surface area contributed by atoms with Crippen LogP contribution in [0.15, 0.2) is 36.7 Å². The third kappa shape index (κ3) is 3.60. The quantitative estimate of drug-likeness (QED) is 0.848. The summed E-state index contributed by atoms with van der Waals surface area (Å²) in [5, 5.41) is 10.2. The highest BCUT2D eigenvalue weighted by Gasteiger charge is 2.02. The van der Waals surface area contributed by atoms with Crippen LogP contribution in [0.4, 0.5) is 5.69 Å². The van der Waals surface area contributed by atoms with Crippen molar-refractivity contribution in [2.45, 2.75) is 26.4 Å². The van der Waals surface area contributed by atoms with Crippen LogP contribution in [0.25, 0.3) is 0 Å². The van der Waals surface area contributed by atoms with Crippen molar-refractivity contribution in [2.24, 2.45) is 0 Å². The van der Waals surface area contributed by atoms with Crippen molar-refractivity contribution in [1.29, 1.82) is 0 Å². The fraction of sp³-hybridized carbons (Fsp3) is 0.333. The predicted molar refractivity (Wildman–Crippen MR) is 79.7 cm³/mol. The molecule has 2 aromatic rings. The number of nitrogens with one attached hydrogen (secondary N) is 2. The monoisotopic (exact) mass is 272 g/mol. The number of aryl methyl sites for hydroxylation is 1. The maximum absolute atomic E-state index is 11.4. The van der Waals surface area contributed by atoms with E-state index in [0.29, 0.717) is 5.56 Å². The molecule has 0 saturated carbocycles. The van der Waals surface area contributed by atoms with Crippen molar-refractivity contribution in [2.75, 3.05) is 12.4 Å². The van der Waals surface area contributed by atoms with Crippen molar-refractivity contribution in [3.05, 3.63) is 47.8 Å². The molecular formula is C15H20N4O. The van der Waals surface area contributed by atoms with Crippen molar-refractivity contribution >= 4 is 11.6 Å². The van der Waals surface area contributed by atoms with Crippen LogP contribution < -0.4 is 10.6 Å². The van der Waals surface area contributed by atoms with E-state index in [1.807, 2.05) is 35.1 Å². The smallest absolute Gasteiger partial charge is 0.251 e. The zero-order chi connectivity index (χ0) is 14.4. The van der Waals surface area contributed by atoms with Crippen LogP contribution in [-0.4, -0.2) is 22.7 Å². The number of nitrogens with zero attached hydrogens (tertiary/aromatic N) is 2. The van der Waals surface area contributed by atoms with Crippen molar-refractivity contribution < 1.29 is 4.79 Å². The number of benzene rings is 1. The first kappa shape index (κ1) is 14.1. The number of carbonyl (C=O) groups is 1. The largest absolute Gasteiger partial charge is 0.381 e. The molecule has 2 N–H and O–H groups in total. The van der Waals surface area contributed by atoms with Crippen LogP contribution in [0.2, 0.25) is 0 Å². The fourth-order valence-corrected chi connectivity index (χ4v) is 1.94. The van der Waals surface area contributed by atoms with Gasteiger partial charge in [0.2, 0.25) is 0 Å². The van der Waals surface area contributed by atoms with Gasteiger partial charge in [-0.05, 0) is 30.7 Å². The minimum atomic E-state index is -0.0719. The van der Waals surface area contributed by atoms with E-state index in [4.69, 9.17) is 0 Å². The summed E-state index contributed by atoms with van der Waals surface area (Å²) in [6.45, 7) is 3.80. The van der Waals surface area contributed by atoms with Crippen LogP contribution in [0, 0.1) is 0 Å². The van der Waals surface area contributed by atoms with Gasteiger partial charge in [-0.2, -0.15) is 5.10 Å². The molecule has 106 valence electrons. The van der Waals surface area contributed by atoms with E-state index in [1.54, 1.807) is 7.05 Å². The molecule has 1 aromatic heterocycles. The number of anilines is 1. The number of hydrogen-bond donors (Lipinski definition) is 2. The van der Waals surface area contributed by atoms with E-state index in [9.17, 15) is 4.79 Å². The van der Waals surface area contributed by atoms with Gasteiger partial charge >= 0.3 is 0 Å². The average molecular weight is 272 g/mol. The molecule has 0 radical (unpaired) electrons. The molecule has 20 heavy (non-hydrogen) atoms. The second-order valence-electron chi connectivity index (χ2n) is 4.62. The minimum Gasteiger partial charge on any atom is -0.381 e. The highest BCUT2D eigenvalue weighted by atomic mass is 16.1. The Kier molecular flexibility index (Phi) is 4.76. The summed E-state index contributed by atoms with van der Waals surface area (Å²) in [4.78, 5) is 11.4. The van der Waals surface area contributed by atoms with Crippen molar-refractivity contribution in [3.8, 4) is 0 Å². The molecule has 1 aromatic carbocycles. The van der Waals surface area contributed by atoms with E-state index >= 15 is 0 Å². The molecule has 0 atom stereocenters. The summed E-state index contributed by atoms with van der Waals surface area (Å²) < 4.78 is 1.95. The maximum atomic E-state index is 11.4. The summed E-state index contributed by atoms with van der Waals surface area (Å²) in [6, 6.07) is 7.42. The van der Waals surface area contributed by atoms with Crippen LogP contribution in [-0.2, 0) is 13.1 Å². The topological polar surface area (TPSA) is 59.0 Å². The minimum absolute atomic E-state index is 0.0719. The molecule has 0 bridgehead atoms. The lowest BCUT2D eigenvalue weighted by molar-refractivity contribution is 0.0963. The third-order valence-electron chi connectivity index (χ3n) is 3.01. The molecule has 0 fully saturated rings. The maximum Gasteiger partial charge on any atom is 0.251 e. The van der Waals surface area contributed by atoms with Gasteiger partial charge in [0.1, 0.15) is 0 Å². The lowest BCUT2D eigenvalue weighted by Gasteiger charge is -2.06. The Hall–Kier alpha value is -2.30. The molecule has 1 heterocycles. The number of carbonyl (C=O) groups excluding carboxylic acids is 1. The van der Waals surface area contributed by atoms with Crippen molar-refractivity contribution in [1.82, 2.24) is 15.1 Å². The Morgan fingerprint density at radius 2 is 2.05 bits per heavy atom. The lowest BCUT2D eigenvalue weighted by Crippen LogP contribution is -2.17. The number of rotatable bonds is 6. The predicted octanol–water partition coefficient (Wildman–Crippen LogP) is 2.26. The molecule has 0 unspecified atom stereocenters. The summed E-state index contributed by atoms with van der Waals surface area (Å²) in [6.07, 6.45) is 5.01. The molecule has 1 amide bonds. The first-order valence-electron chi connectivity index (χ1n) is 6.80. The highest BCUT2D eigenvalue weighted by molar-refractivity contribution is 5.94. The summed E-state index contributed by atoms with van der Waals surface area (Å²) >= 11 is 0. The molecule has 0 aliphatic carbocycles. The molecule has 2 rings (SSSR count). The van der Waals surface area contributed by atoms with Crippen molar-refractivity contribution in [3.63, 3.8) is 0 Å². The standard InChI is InChI=1S/C15H20N4O/c1-3-8-19-11-12(10-18-19)9-17-14-6-4-13(5-7-14)15(20)16-2/h4-7,10-11,17H,3,8-9H2,1-2H3,(H,16,20). The normalized spacial score (nSPS) is 10.3. The summed E-state index contributed by atoms with van der Waals surface area (Å²) in [5.74, 6) is -0.0719. The first-order valence-corrected chi connectivity index (χ1v) is 6.80. The number of aromatic nitrogens is 2. The van der Waals surface area contributed by atoms with E-state index in [1.165, 1.54) is 0 Å². The zero-order valence-electron chi connectivity index (χ0n) is 11.9. The van der Waals surface area contributed by atoms with E-state index in [-0.39, 0.29) is 5.91 Å². The van der Waals surface area contributed by atoms with Gasteiger partial charge in [-0.3, -0.25) is 9.48 Å². The van der Waals surface area contributed by atoms with E-state index in [2.05, 4.69) is 28.9 Å². The van der Waals surface area contributed by atoms with Crippen LogP contribution in [0.3, 0.4) is 0 Å². The SMILES string of the molecule is CCCn1cc(CNc2ccc(C(=O)NC)cc2)cn1. The summed E-state index contributed by atoms with van der Waals surface area (Å²) in [5.41, 5.74) is 2.79. The van der Waals surface area contributed by atoms with E-state index < -0.39 is 0 Å². The highest BCUT2D eigenvalue weighted by Crippen LogP contribution is 2.11. The molecule has 0 saturated heterocycles. The first-order chi connectivity index (χ1) is 9.72. The Balaban J connectivity index is 1.91. The Morgan fingerprint density at radius 3 is 2.70 bits per heavy atom. The van der Waals surface area contributed by atoms with Gasteiger partial charge in [0.05, 0.1) is 6.20 Å². The Morgan fingerprint density at radius 1 is 1.30 bits per heavy atom. The van der Waals surface area contributed by atoms with Crippen LogP contribution >= 0.6 is 0 Å². The van der Waals surface area contributed by atoms with E-state index in [0.717, 1.165) is 30.8 Å². The molecule has 5 nitrogen and oxygen atoms in total. The molecule has 0 spiro atoms. The number of amides is 1.